The Morgan fingerprint density at radius 2 is 1.75 bits per heavy atom. The van der Waals surface area contributed by atoms with Crippen molar-refractivity contribution in [2.24, 2.45) is 0 Å². The maximum Gasteiger partial charge on any atom is 0.420 e. The maximum atomic E-state index is 13.7. The van der Waals surface area contributed by atoms with Gasteiger partial charge in [0, 0.05) is 25.0 Å². The Morgan fingerprint density at radius 1 is 1.16 bits per heavy atom. The smallest absolute Gasteiger partial charge is 0.420 e. The summed E-state index contributed by atoms with van der Waals surface area (Å²) in [6, 6.07) is 0. The number of esters is 1. The van der Waals surface area contributed by atoms with E-state index in [9.17, 15) is 18.0 Å². The molecule has 0 saturated carbocycles. The van der Waals surface area contributed by atoms with Crippen molar-refractivity contribution in [3.63, 3.8) is 0 Å². The second kappa shape index (κ2) is 11.3. The standard InChI is InChI=1S/C19H24F3N3O4.C2H6O/c1-6-28-17(27)15-11(2)16(25(24-15)18(3,4)5)29-13-10-23-9-12(7-8-26)14(13)19(20,21)22;1-2-3/h9-10,26H,6-8H2,1-5H3;3H,2H2,1H3. The van der Waals surface area contributed by atoms with Crippen LogP contribution in [0, 0.1) is 6.92 Å². The molecule has 0 aliphatic rings. The van der Waals surface area contributed by atoms with E-state index in [1.807, 2.05) is 0 Å². The minimum Gasteiger partial charge on any atom is -0.461 e. The van der Waals surface area contributed by atoms with Gasteiger partial charge in [0.05, 0.1) is 18.3 Å². The predicted molar refractivity (Wildman–Crippen MR) is 111 cm³/mol. The molecule has 8 nitrogen and oxygen atoms in total. The molecule has 0 spiro atoms. The molecule has 2 aromatic rings. The average Bonchev–Trinajstić information content (AvgIpc) is 2.99. The zero-order chi connectivity index (χ0) is 24.7. The third-order valence-corrected chi connectivity index (χ3v) is 4.03. The lowest BCUT2D eigenvalue weighted by Gasteiger charge is -2.23. The number of hydrogen-bond donors (Lipinski definition) is 2. The van der Waals surface area contributed by atoms with Gasteiger partial charge in [0.2, 0.25) is 5.88 Å². The number of hydrogen-bond acceptors (Lipinski definition) is 7. The number of aromatic nitrogens is 3. The molecular weight excluding hydrogens is 431 g/mol. The molecule has 0 fully saturated rings. The van der Waals surface area contributed by atoms with E-state index in [-0.39, 0.29) is 42.3 Å². The number of carbonyl (C=O) groups is 1. The monoisotopic (exact) mass is 461 g/mol. The first-order chi connectivity index (χ1) is 14.8. The molecule has 0 aliphatic heterocycles. The molecule has 0 saturated heterocycles. The fourth-order valence-electron chi connectivity index (χ4n) is 2.74. The summed E-state index contributed by atoms with van der Waals surface area (Å²) in [4.78, 5) is 16.0. The Labute approximate surface area is 185 Å². The third kappa shape index (κ3) is 6.67. The highest BCUT2D eigenvalue weighted by Crippen LogP contribution is 2.41. The number of halogens is 3. The first-order valence-corrected chi connectivity index (χ1v) is 10.0. The summed E-state index contributed by atoms with van der Waals surface area (Å²) >= 11 is 0. The molecule has 0 atom stereocenters. The van der Waals surface area contributed by atoms with Crippen LogP contribution in [-0.4, -0.2) is 50.8 Å². The van der Waals surface area contributed by atoms with Gasteiger partial charge in [-0.3, -0.25) is 4.98 Å². The number of pyridine rings is 1. The van der Waals surface area contributed by atoms with Crippen molar-refractivity contribution >= 4 is 5.97 Å². The van der Waals surface area contributed by atoms with E-state index in [0.717, 1.165) is 12.4 Å². The molecule has 32 heavy (non-hydrogen) atoms. The van der Waals surface area contributed by atoms with Crippen molar-refractivity contribution in [3.8, 4) is 11.6 Å². The SMILES string of the molecule is CCO.CCOC(=O)c1nn(C(C)(C)C)c(Oc2cncc(CCO)c2C(F)(F)F)c1C. The Bertz CT molecular complexity index is 905. The number of aliphatic hydroxyl groups excluding tert-OH is 2. The Hall–Kier alpha value is -2.66. The van der Waals surface area contributed by atoms with Gasteiger partial charge < -0.3 is 19.7 Å². The highest BCUT2D eigenvalue weighted by Gasteiger charge is 2.38. The van der Waals surface area contributed by atoms with Crippen molar-refractivity contribution in [2.45, 2.75) is 59.7 Å². The zero-order valence-corrected chi connectivity index (χ0v) is 19.1. The van der Waals surface area contributed by atoms with E-state index in [0.29, 0.717) is 0 Å². The quantitative estimate of drug-likeness (QED) is 0.629. The molecule has 0 bridgehead atoms. The van der Waals surface area contributed by atoms with Gasteiger partial charge in [0.1, 0.15) is 5.56 Å². The van der Waals surface area contributed by atoms with Crippen LogP contribution >= 0.6 is 0 Å². The lowest BCUT2D eigenvalue weighted by molar-refractivity contribution is -0.139. The van der Waals surface area contributed by atoms with Crippen LogP contribution in [0.2, 0.25) is 0 Å². The molecule has 180 valence electrons. The van der Waals surface area contributed by atoms with Crippen LogP contribution in [0.15, 0.2) is 12.4 Å². The largest absolute Gasteiger partial charge is 0.461 e. The number of alkyl halides is 3. The van der Waals surface area contributed by atoms with Crippen molar-refractivity contribution in [1.29, 1.82) is 0 Å². The molecule has 11 heteroatoms. The van der Waals surface area contributed by atoms with E-state index in [4.69, 9.17) is 19.7 Å². The van der Waals surface area contributed by atoms with Gasteiger partial charge in [-0.1, -0.05) is 0 Å². The summed E-state index contributed by atoms with van der Waals surface area (Å²) in [7, 11) is 0. The summed E-state index contributed by atoms with van der Waals surface area (Å²) in [6.07, 6.45) is -2.96. The predicted octanol–water partition coefficient (Wildman–Crippen LogP) is 3.86. The van der Waals surface area contributed by atoms with E-state index < -0.39 is 35.6 Å². The lowest BCUT2D eigenvalue weighted by Crippen LogP contribution is -2.24. The minimum absolute atomic E-state index is 0.0194. The molecule has 0 aliphatic carbocycles. The van der Waals surface area contributed by atoms with Crippen LogP contribution in [0.1, 0.15) is 61.8 Å². The number of aliphatic hydroxyl groups is 2. The van der Waals surface area contributed by atoms with Crippen molar-refractivity contribution in [3.05, 3.63) is 34.8 Å². The second-order valence-electron chi connectivity index (χ2n) is 7.64. The van der Waals surface area contributed by atoms with Gasteiger partial charge in [-0.05, 0) is 53.5 Å². The van der Waals surface area contributed by atoms with Gasteiger partial charge in [-0.2, -0.15) is 18.3 Å². The minimum atomic E-state index is -4.73. The van der Waals surface area contributed by atoms with Crippen LogP contribution in [0.4, 0.5) is 13.2 Å². The normalized spacial score (nSPS) is 11.6. The summed E-state index contributed by atoms with van der Waals surface area (Å²) in [5.74, 6) is -1.25. The summed E-state index contributed by atoms with van der Waals surface area (Å²) in [5, 5.41) is 20.9. The first kappa shape index (κ1) is 27.4. The molecular formula is C21H30F3N3O5. The van der Waals surface area contributed by atoms with Crippen LogP contribution in [0.3, 0.4) is 0 Å². The molecule has 0 radical (unpaired) electrons. The fraction of sp³-hybridized carbons (Fsp3) is 0.571. The molecule has 2 N–H and O–H groups in total. The summed E-state index contributed by atoms with van der Waals surface area (Å²) in [6.45, 7) is 10.1. The Morgan fingerprint density at radius 3 is 2.22 bits per heavy atom. The molecule has 0 amide bonds. The summed E-state index contributed by atoms with van der Waals surface area (Å²) in [5.41, 5.74) is -1.70. The molecule has 2 aromatic heterocycles. The van der Waals surface area contributed by atoms with Crippen LogP contribution < -0.4 is 4.74 Å². The molecule has 0 aromatic carbocycles. The number of carbonyl (C=O) groups excluding carboxylic acids is 1. The van der Waals surface area contributed by atoms with Crippen molar-refractivity contribution in [2.75, 3.05) is 19.8 Å². The number of nitrogens with zero attached hydrogens (tertiary/aromatic N) is 3. The Balaban J connectivity index is 0.00000161. The third-order valence-electron chi connectivity index (χ3n) is 4.03. The summed E-state index contributed by atoms with van der Waals surface area (Å²) < 4.78 is 53.1. The molecule has 2 rings (SSSR count). The van der Waals surface area contributed by atoms with Gasteiger partial charge in [0.15, 0.2) is 11.4 Å². The van der Waals surface area contributed by atoms with Gasteiger partial charge in [0.25, 0.3) is 0 Å². The molecule has 0 unspecified atom stereocenters. The van der Waals surface area contributed by atoms with Crippen molar-refractivity contribution < 1.29 is 37.7 Å². The number of ether oxygens (including phenoxy) is 2. The zero-order valence-electron chi connectivity index (χ0n) is 19.1. The van der Waals surface area contributed by atoms with Crippen LogP contribution in [-0.2, 0) is 22.9 Å². The van der Waals surface area contributed by atoms with Gasteiger partial charge in [-0.25, -0.2) is 9.48 Å². The van der Waals surface area contributed by atoms with Gasteiger partial charge in [-0.15, -0.1) is 0 Å². The van der Waals surface area contributed by atoms with E-state index in [2.05, 4.69) is 10.1 Å². The Kier molecular flexibility index (Phi) is 9.65. The maximum absolute atomic E-state index is 13.7. The topological polar surface area (TPSA) is 107 Å². The second-order valence-corrected chi connectivity index (χ2v) is 7.64. The number of rotatable bonds is 6. The van der Waals surface area contributed by atoms with Crippen LogP contribution in [0.25, 0.3) is 0 Å². The van der Waals surface area contributed by atoms with Crippen LogP contribution in [0.5, 0.6) is 11.6 Å². The van der Waals surface area contributed by atoms with E-state index in [1.165, 1.54) is 11.6 Å². The lowest BCUT2D eigenvalue weighted by atomic mass is 10.1. The van der Waals surface area contributed by atoms with E-state index in [1.54, 1.807) is 34.6 Å². The van der Waals surface area contributed by atoms with Gasteiger partial charge >= 0.3 is 12.1 Å². The van der Waals surface area contributed by atoms with E-state index >= 15 is 0 Å². The first-order valence-electron chi connectivity index (χ1n) is 10.0. The fourth-order valence-corrected chi connectivity index (χ4v) is 2.74. The molecule has 2 heterocycles. The van der Waals surface area contributed by atoms with Crippen molar-refractivity contribution in [1.82, 2.24) is 14.8 Å². The average molecular weight is 461 g/mol. The highest BCUT2D eigenvalue weighted by atomic mass is 19.4. The highest BCUT2D eigenvalue weighted by molar-refractivity contribution is 5.89.